The SMILES string of the molecule is CC=C(c1ccccc1)C(c1ccccc1)c1ccc(C=CC(=O)NS(=O)(=O)c2cccc(Cl)c2)cc1. The fourth-order valence-electron chi connectivity index (χ4n) is 4.16. The first-order valence-electron chi connectivity index (χ1n) is 11.7. The lowest BCUT2D eigenvalue weighted by molar-refractivity contribution is -0.114. The first-order valence-corrected chi connectivity index (χ1v) is 13.6. The van der Waals surface area contributed by atoms with E-state index in [1.54, 1.807) is 12.1 Å². The molecule has 4 rings (SSSR count). The van der Waals surface area contributed by atoms with Gasteiger partial charge in [0.1, 0.15) is 0 Å². The fraction of sp³-hybridized carbons (Fsp3) is 0.0645. The molecule has 4 aromatic carbocycles. The van der Waals surface area contributed by atoms with E-state index in [9.17, 15) is 13.2 Å². The largest absolute Gasteiger partial charge is 0.269 e. The first kappa shape index (κ1) is 26.1. The summed E-state index contributed by atoms with van der Waals surface area (Å²) in [6.07, 6.45) is 4.93. The Morgan fingerprint density at radius 1 is 0.811 bits per heavy atom. The van der Waals surface area contributed by atoms with Gasteiger partial charge in [0.2, 0.25) is 0 Å². The van der Waals surface area contributed by atoms with Gasteiger partial charge in [0.25, 0.3) is 15.9 Å². The van der Waals surface area contributed by atoms with E-state index in [0.717, 1.165) is 16.7 Å². The molecule has 4 nitrogen and oxygen atoms in total. The van der Waals surface area contributed by atoms with E-state index in [4.69, 9.17) is 11.6 Å². The molecule has 0 spiro atoms. The lowest BCUT2D eigenvalue weighted by atomic mass is 9.81. The van der Waals surface area contributed by atoms with E-state index in [2.05, 4.69) is 30.3 Å². The van der Waals surface area contributed by atoms with Gasteiger partial charge in [-0.25, -0.2) is 13.1 Å². The zero-order valence-corrected chi connectivity index (χ0v) is 21.8. The molecule has 0 bridgehead atoms. The third kappa shape index (κ3) is 6.64. The number of sulfonamides is 1. The van der Waals surface area contributed by atoms with Crippen LogP contribution in [0.1, 0.15) is 35.1 Å². The second kappa shape index (κ2) is 11.9. The van der Waals surface area contributed by atoms with Crippen LogP contribution in [-0.2, 0) is 14.8 Å². The molecule has 6 heteroatoms. The lowest BCUT2D eigenvalue weighted by Gasteiger charge is -2.22. The third-order valence-electron chi connectivity index (χ3n) is 5.90. The lowest BCUT2D eigenvalue weighted by Crippen LogP contribution is -2.28. The van der Waals surface area contributed by atoms with Gasteiger partial charge in [0.05, 0.1) is 4.90 Å². The monoisotopic (exact) mass is 527 g/mol. The number of nitrogens with one attached hydrogen (secondary N) is 1. The van der Waals surface area contributed by atoms with Crippen LogP contribution in [-0.4, -0.2) is 14.3 Å². The number of halogens is 1. The van der Waals surface area contributed by atoms with Gasteiger partial charge in [0.15, 0.2) is 0 Å². The number of benzene rings is 4. The first-order chi connectivity index (χ1) is 17.9. The summed E-state index contributed by atoms with van der Waals surface area (Å²) in [6, 6.07) is 34.2. The summed E-state index contributed by atoms with van der Waals surface area (Å²) in [5.41, 5.74) is 5.40. The highest BCUT2D eigenvalue weighted by molar-refractivity contribution is 7.90. The van der Waals surface area contributed by atoms with Gasteiger partial charge in [-0.05, 0) is 59.0 Å². The fourth-order valence-corrected chi connectivity index (χ4v) is 5.40. The number of allylic oxidation sites excluding steroid dienone is 2. The van der Waals surface area contributed by atoms with E-state index in [0.29, 0.717) is 0 Å². The number of hydrogen-bond acceptors (Lipinski definition) is 3. The Morgan fingerprint density at radius 2 is 1.43 bits per heavy atom. The molecular weight excluding hydrogens is 502 g/mol. The zero-order chi connectivity index (χ0) is 26.3. The number of amides is 1. The second-order valence-corrected chi connectivity index (χ2v) is 10.5. The molecule has 1 amide bonds. The zero-order valence-electron chi connectivity index (χ0n) is 20.2. The average molecular weight is 528 g/mol. The number of rotatable bonds is 8. The van der Waals surface area contributed by atoms with Crippen LogP contribution in [0.4, 0.5) is 0 Å². The van der Waals surface area contributed by atoms with E-state index in [1.807, 2.05) is 72.3 Å². The molecule has 1 unspecified atom stereocenters. The molecule has 1 atom stereocenters. The Hall–Kier alpha value is -3.93. The minimum atomic E-state index is -4.02. The Bertz CT molecular complexity index is 1530. The molecule has 0 aromatic heterocycles. The molecule has 37 heavy (non-hydrogen) atoms. The van der Waals surface area contributed by atoms with E-state index in [-0.39, 0.29) is 15.8 Å². The molecule has 0 radical (unpaired) electrons. The molecule has 0 fully saturated rings. The Kier molecular flexibility index (Phi) is 8.39. The topological polar surface area (TPSA) is 63.2 Å². The van der Waals surface area contributed by atoms with Crippen LogP contribution < -0.4 is 4.72 Å². The van der Waals surface area contributed by atoms with E-state index < -0.39 is 15.9 Å². The van der Waals surface area contributed by atoms with Crippen molar-refractivity contribution in [3.05, 3.63) is 149 Å². The van der Waals surface area contributed by atoms with Crippen molar-refractivity contribution in [2.24, 2.45) is 0 Å². The third-order valence-corrected chi connectivity index (χ3v) is 7.48. The maximum atomic E-state index is 12.4. The van der Waals surface area contributed by atoms with Gasteiger partial charge < -0.3 is 0 Å². The molecule has 4 aromatic rings. The molecule has 0 saturated carbocycles. The van der Waals surface area contributed by atoms with Gasteiger partial charge in [-0.3, -0.25) is 4.79 Å². The molecule has 186 valence electrons. The van der Waals surface area contributed by atoms with Crippen LogP contribution in [0.15, 0.2) is 126 Å². The Labute approximate surface area is 223 Å². The van der Waals surface area contributed by atoms with Gasteiger partial charge in [0, 0.05) is 17.0 Å². The maximum Gasteiger partial charge on any atom is 0.264 e. The van der Waals surface area contributed by atoms with Crippen molar-refractivity contribution in [3.63, 3.8) is 0 Å². The molecule has 0 aliphatic rings. The molecule has 0 heterocycles. The molecule has 0 aliphatic carbocycles. The summed E-state index contributed by atoms with van der Waals surface area (Å²) in [6.45, 7) is 2.05. The van der Waals surface area contributed by atoms with Crippen LogP contribution in [0.2, 0.25) is 5.02 Å². The van der Waals surface area contributed by atoms with Crippen molar-refractivity contribution >= 4 is 39.2 Å². The number of carbonyl (C=O) groups excluding carboxylic acids is 1. The summed E-state index contributed by atoms with van der Waals surface area (Å²) in [5, 5.41) is 0.271. The van der Waals surface area contributed by atoms with Gasteiger partial charge in [-0.2, -0.15) is 0 Å². The molecule has 0 saturated heterocycles. The summed E-state index contributed by atoms with van der Waals surface area (Å²) in [7, 11) is -4.02. The standard InChI is InChI=1S/C31H26ClNO3S/c1-2-29(24-10-5-3-6-11-24)31(25-12-7-4-8-13-25)26-19-16-23(17-20-26)18-21-30(34)33-37(35,36)28-15-9-14-27(32)22-28/h2-22,31H,1H3,(H,33,34). The van der Waals surface area contributed by atoms with Crippen molar-refractivity contribution in [1.29, 1.82) is 0 Å². The normalized spacial score (nSPS) is 12.9. The van der Waals surface area contributed by atoms with Gasteiger partial charge in [-0.15, -0.1) is 0 Å². The molecular formula is C31H26ClNO3S. The summed E-state index contributed by atoms with van der Waals surface area (Å²) in [5.74, 6) is -0.718. The number of hydrogen-bond donors (Lipinski definition) is 1. The average Bonchev–Trinajstić information content (AvgIpc) is 2.91. The van der Waals surface area contributed by atoms with Crippen molar-refractivity contribution in [3.8, 4) is 0 Å². The van der Waals surface area contributed by atoms with Gasteiger partial charge >= 0.3 is 0 Å². The maximum absolute atomic E-state index is 12.4. The predicted octanol–water partition coefficient (Wildman–Crippen LogP) is 7.09. The van der Waals surface area contributed by atoms with Crippen LogP contribution in [0.3, 0.4) is 0 Å². The van der Waals surface area contributed by atoms with E-state index in [1.165, 1.54) is 35.4 Å². The highest BCUT2D eigenvalue weighted by Crippen LogP contribution is 2.37. The Balaban J connectivity index is 1.55. The molecule has 0 aliphatic heterocycles. The van der Waals surface area contributed by atoms with Crippen LogP contribution >= 0.6 is 11.6 Å². The minimum Gasteiger partial charge on any atom is -0.269 e. The van der Waals surface area contributed by atoms with Crippen LogP contribution in [0.5, 0.6) is 0 Å². The minimum absolute atomic E-state index is 0.0257. The summed E-state index contributed by atoms with van der Waals surface area (Å²) >= 11 is 5.87. The van der Waals surface area contributed by atoms with E-state index >= 15 is 0 Å². The second-order valence-electron chi connectivity index (χ2n) is 8.38. The summed E-state index contributed by atoms with van der Waals surface area (Å²) in [4.78, 5) is 12.2. The van der Waals surface area contributed by atoms with Crippen LogP contribution in [0.25, 0.3) is 11.6 Å². The van der Waals surface area contributed by atoms with Crippen LogP contribution in [0, 0.1) is 0 Å². The highest BCUT2D eigenvalue weighted by Gasteiger charge is 2.20. The van der Waals surface area contributed by atoms with Gasteiger partial charge in [-0.1, -0.05) is 109 Å². The van der Waals surface area contributed by atoms with Crippen molar-refractivity contribution in [2.45, 2.75) is 17.7 Å². The number of carbonyl (C=O) groups is 1. The smallest absolute Gasteiger partial charge is 0.264 e. The van der Waals surface area contributed by atoms with Crippen molar-refractivity contribution in [2.75, 3.05) is 0 Å². The highest BCUT2D eigenvalue weighted by atomic mass is 35.5. The predicted molar refractivity (Wildman–Crippen MR) is 151 cm³/mol. The van der Waals surface area contributed by atoms with Crippen molar-refractivity contribution < 1.29 is 13.2 Å². The summed E-state index contributed by atoms with van der Waals surface area (Å²) < 4.78 is 26.9. The van der Waals surface area contributed by atoms with Crippen molar-refractivity contribution in [1.82, 2.24) is 4.72 Å². The molecule has 1 N–H and O–H groups in total. The quantitative estimate of drug-likeness (QED) is 0.249. The Morgan fingerprint density at radius 3 is 2.05 bits per heavy atom.